The summed E-state index contributed by atoms with van der Waals surface area (Å²) in [6.07, 6.45) is 1.72. The molecule has 1 saturated heterocycles. The molecule has 5 nitrogen and oxygen atoms in total. The van der Waals surface area contributed by atoms with Gasteiger partial charge in [-0.25, -0.2) is 15.8 Å². The summed E-state index contributed by atoms with van der Waals surface area (Å²) in [5, 5.41) is 1.08. The third-order valence-corrected chi connectivity index (χ3v) is 6.09. The fraction of sp³-hybridized carbons (Fsp3) is 0.444. The molecule has 2 atom stereocenters. The van der Waals surface area contributed by atoms with Gasteiger partial charge in [-0.2, -0.15) is 0 Å². The summed E-state index contributed by atoms with van der Waals surface area (Å²) in [6.45, 7) is 5.59. The Morgan fingerprint density at radius 3 is 2.79 bits per heavy atom. The van der Waals surface area contributed by atoms with Crippen LogP contribution >= 0.6 is 11.3 Å². The second-order valence-electron chi connectivity index (χ2n) is 6.59. The second-order valence-corrected chi connectivity index (χ2v) is 7.83. The van der Waals surface area contributed by atoms with Crippen molar-refractivity contribution < 1.29 is 4.79 Å². The molecule has 3 heterocycles. The van der Waals surface area contributed by atoms with Crippen LogP contribution in [0.25, 0.3) is 0 Å². The maximum Gasteiger partial charge on any atom is 0.241 e. The summed E-state index contributed by atoms with van der Waals surface area (Å²) in [4.78, 5) is 20.6. The van der Waals surface area contributed by atoms with Gasteiger partial charge in [-0.05, 0) is 37.8 Å². The number of carbonyl (C=O) groups excluding carboxylic acids is 1. The summed E-state index contributed by atoms with van der Waals surface area (Å²) in [7, 11) is 0. The summed E-state index contributed by atoms with van der Waals surface area (Å²) < 4.78 is 0. The molecule has 2 aliphatic rings. The number of benzene rings is 1. The summed E-state index contributed by atoms with van der Waals surface area (Å²) in [5.74, 6) is 0.193. The fourth-order valence-electron chi connectivity index (χ4n) is 3.66. The van der Waals surface area contributed by atoms with Gasteiger partial charge in [-0.3, -0.25) is 4.79 Å². The molecule has 0 bridgehead atoms. The van der Waals surface area contributed by atoms with Crippen molar-refractivity contribution in [3.8, 4) is 0 Å². The molecule has 24 heavy (non-hydrogen) atoms. The molecule has 2 aromatic rings. The van der Waals surface area contributed by atoms with Crippen LogP contribution in [-0.2, 0) is 17.8 Å². The lowest BCUT2D eigenvalue weighted by atomic mass is 9.98. The number of hydrogen-bond acceptors (Lipinski definition) is 5. The van der Waals surface area contributed by atoms with E-state index >= 15 is 0 Å². The van der Waals surface area contributed by atoms with Gasteiger partial charge in [0, 0.05) is 18.0 Å². The van der Waals surface area contributed by atoms with Crippen molar-refractivity contribution in [1.29, 1.82) is 0 Å². The number of aromatic nitrogens is 1. The van der Waals surface area contributed by atoms with E-state index in [0.29, 0.717) is 0 Å². The van der Waals surface area contributed by atoms with E-state index in [9.17, 15) is 4.79 Å². The standard InChI is InChI=1S/C18H22N4OS/c1-11-17(24-12(2)19-11)15-9-16(21-20-15)18(23)22-8-7-13-5-3-4-6-14(13)10-22/h3-6,15-16,20-21H,7-10H2,1-2H3. The number of thiazole rings is 1. The molecule has 2 unspecified atom stereocenters. The fourth-order valence-corrected chi connectivity index (χ4v) is 4.66. The Kier molecular flexibility index (Phi) is 4.12. The lowest BCUT2D eigenvalue weighted by molar-refractivity contribution is -0.134. The number of hydrogen-bond donors (Lipinski definition) is 2. The first kappa shape index (κ1) is 15.7. The molecule has 0 spiro atoms. The average Bonchev–Trinajstić information content (AvgIpc) is 3.20. The molecule has 1 fully saturated rings. The number of nitrogens with one attached hydrogen (secondary N) is 2. The average molecular weight is 342 g/mol. The third-order valence-electron chi connectivity index (χ3n) is 4.90. The highest BCUT2D eigenvalue weighted by Crippen LogP contribution is 2.31. The SMILES string of the molecule is Cc1nc(C)c(C2CC(C(=O)N3CCc4ccccc4C3)NN2)s1. The first-order chi connectivity index (χ1) is 11.6. The normalized spacial score (nSPS) is 23.3. The largest absolute Gasteiger partial charge is 0.337 e. The van der Waals surface area contributed by atoms with Crippen LogP contribution in [0.2, 0.25) is 0 Å². The molecule has 1 aromatic carbocycles. The van der Waals surface area contributed by atoms with Crippen LogP contribution in [0.15, 0.2) is 24.3 Å². The molecule has 1 aromatic heterocycles. The van der Waals surface area contributed by atoms with Crippen LogP contribution in [0.3, 0.4) is 0 Å². The van der Waals surface area contributed by atoms with Gasteiger partial charge in [0.1, 0.15) is 6.04 Å². The zero-order chi connectivity index (χ0) is 16.7. The Morgan fingerprint density at radius 2 is 2.04 bits per heavy atom. The van der Waals surface area contributed by atoms with Gasteiger partial charge < -0.3 is 4.90 Å². The van der Waals surface area contributed by atoms with Gasteiger partial charge in [-0.15, -0.1) is 11.3 Å². The van der Waals surface area contributed by atoms with E-state index < -0.39 is 0 Å². The monoisotopic (exact) mass is 342 g/mol. The molecule has 2 N–H and O–H groups in total. The van der Waals surface area contributed by atoms with Crippen LogP contribution in [0.1, 0.15) is 39.2 Å². The first-order valence-corrected chi connectivity index (χ1v) is 9.24. The molecule has 6 heteroatoms. The van der Waals surface area contributed by atoms with E-state index in [2.05, 4.69) is 34.0 Å². The number of hydrazine groups is 1. The van der Waals surface area contributed by atoms with Crippen LogP contribution in [-0.4, -0.2) is 28.4 Å². The summed E-state index contributed by atoms with van der Waals surface area (Å²) in [6, 6.07) is 8.42. The Labute approximate surface area is 146 Å². The highest BCUT2D eigenvalue weighted by molar-refractivity contribution is 7.11. The molecular formula is C18H22N4OS. The van der Waals surface area contributed by atoms with E-state index in [4.69, 9.17) is 0 Å². The number of carbonyl (C=O) groups is 1. The van der Waals surface area contributed by atoms with Crippen molar-refractivity contribution in [2.24, 2.45) is 0 Å². The molecule has 2 aliphatic heterocycles. The van der Waals surface area contributed by atoms with Crippen molar-refractivity contribution in [2.75, 3.05) is 6.54 Å². The Hall–Kier alpha value is -1.76. The molecule has 0 aliphatic carbocycles. The molecule has 4 rings (SSSR count). The number of fused-ring (bicyclic) bond motifs is 1. The van der Waals surface area contributed by atoms with E-state index in [1.807, 2.05) is 24.8 Å². The van der Waals surface area contributed by atoms with Crippen LogP contribution in [0.4, 0.5) is 0 Å². The quantitative estimate of drug-likeness (QED) is 0.879. The van der Waals surface area contributed by atoms with Crippen LogP contribution in [0.5, 0.6) is 0 Å². The van der Waals surface area contributed by atoms with Crippen LogP contribution in [0, 0.1) is 13.8 Å². The number of rotatable bonds is 2. The van der Waals surface area contributed by atoms with Crippen LogP contribution < -0.4 is 10.9 Å². The van der Waals surface area contributed by atoms with Gasteiger partial charge in [-0.1, -0.05) is 24.3 Å². The number of aryl methyl sites for hydroxylation is 2. The van der Waals surface area contributed by atoms with E-state index in [0.717, 1.165) is 36.6 Å². The highest BCUT2D eigenvalue weighted by atomic mass is 32.1. The zero-order valence-electron chi connectivity index (χ0n) is 14.0. The first-order valence-electron chi connectivity index (χ1n) is 8.42. The van der Waals surface area contributed by atoms with Gasteiger partial charge in [0.2, 0.25) is 5.91 Å². The number of amides is 1. The predicted molar refractivity (Wildman–Crippen MR) is 94.6 cm³/mol. The van der Waals surface area contributed by atoms with E-state index in [-0.39, 0.29) is 18.0 Å². The second kappa shape index (κ2) is 6.27. The minimum absolute atomic E-state index is 0.165. The topological polar surface area (TPSA) is 57.3 Å². The summed E-state index contributed by atoms with van der Waals surface area (Å²) in [5.41, 5.74) is 10.2. The zero-order valence-corrected chi connectivity index (χ0v) is 14.8. The smallest absolute Gasteiger partial charge is 0.241 e. The Bertz CT molecular complexity index is 772. The summed E-state index contributed by atoms with van der Waals surface area (Å²) >= 11 is 1.71. The molecule has 1 amide bonds. The molecule has 0 saturated carbocycles. The van der Waals surface area contributed by atoms with Crippen molar-refractivity contribution in [1.82, 2.24) is 20.7 Å². The highest BCUT2D eigenvalue weighted by Gasteiger charge is 2.35. The lowest BCUT2D eigenvalue weighted by Crippen LogP contribution is -2.47. The van der Waals surface area contributed by atoms with Crippen molar-refractivity contribution >= 4 is 17.2 Å². The minimum Gasteiger partial charge on any atom is -0.337 e. The van der Waals surface area contributed by atoms with Crippen molar-refractivity contribution in [3.63, 3.8) is 0 Å². The van der Waals surface area contributed by atoms with Gasteiger partial charge in [0.15, 0.2) is 0 Å². The molecule has 0 radical (unpaired) electrons. The maximum absolute atomic E-state index is 12.9. The Balaban J connectivity index is 1.44. The van der Waals surface area contributed by atoms with Crippen molar-refractivity contribution in [2.45, 2.75) is 45.3 Å². The predicted octanol–water partition coefficient (Wildman–Crippen LogP) is 2.25. The molecular weight excluding hydrogens is 320 g/mol. The van der Waals surface area contributed by atoms with Gasteiger partial charge >= 0.3 is 0 Å². The molecule has 126 valence electrons. The maximum atomic E-state index is 12.9. The third kappa shape index (κ3) is 2.85. The van der Waals surface area contributed by atoms with Gasteiger partial charge in [0.25, 0.3) is 0 Å². The number of nitrogens with zero attached hydrogens (tertiary/aromatic N) is 2. The lowest BCUT2D eigenvalue weighted by Gasteiger charge is -2.30. The minimum atomic E-state index is -0.165. The van der Waals surface area contributed by atoms with Gasteiger partial charge in [0.05, 0.1) is 16.7 Å². The Morgan fingerprint density at radius 1 is 1.25 bits per heavy atom. The van der Waals surface area contributed by atoms with E-state index in [1.54, 1.807) is 11.3 Å². The van der Waals surface area contributed by atoms with Crippen molar-refractivity contribution in [3.05, 3.63) is 51.0 Å². The van der Waals surface area contributed by atoms with E-state index in [1.165, 1.54) is 16.0 Å².